The summed E-state index contributed by atoms with van der Waals surface area (Å²) in [6.45, 7) is 4.09. The topological polar surface area (TPSA) is 46.8 Å². The number of pyridine rings is 2. The van der Waals surface area contributed by atoms with Crippen LogP contribution in [0.3, 0.4) is 0 Å². The van der Waals surface area contributed by atoms with Gasteiger partial charge < -0.3 is 4.57 Å². The molecule has 0 amide bonds. The third kappa shape index (κ3) is 3.20. The highest BCUT2D eigenvalue weighted by molar-refractivity contribution is 5.55. The minimum atomic E-state index is 0.441. The number of hydrogen-bond acceptors (Lipinski definition) is 4. The van der Waals surface area contributed by atoms with Gasteiger partial charge in [-0.15, -0.1) is 0 Å². The summed E-state index contributed by atoms with van der Waals surface area (Å²) in [4.78, 5) is 15.8. The first-order valence-corrected chi connectivity index (χ1v) is 8.80. The van der Waals surface area contributed by atoms with Gasteiger partial charge in [-0.05, 0) is 55.6 Å². The third-order valence-corrected chi connectivity index (χ3v) is 5.12. The first kappa shape index (κ1) is 16.0. The van der Waals surface area contributed by atoms with Crippen molar-refractivity contribution in [2.24, 2.45) is 7.05 Å². The molecule has 4 heterocycles. The molecule has 0 aliphatic carbocycles. The Bertz CT molecular complexity index is 856. The van der Waals surface area contributed by atoms with Crippen molar-refractivity contribution < 1.29 is 0 Å². The van der Waals surface area contributed by atoms with E-state index in [0.29, 0.717) is 6.04 Å². The third-order valence-electron chi connectivity index (χ3n) is 5.12. The number of nitrogens with zero attached hydrogens (tertiary/aromatic N) is 5. The molecule has 0 N–H and O–H groups in total. The van der Waals surface area contributed by atoms with Crippen LogP contribution in [0.15, 0.2) is 49.1 Å². The van der Waals surface area contributed by atoms with Gasteiger partial charge in [0, 0.05) is 38.2 Å². The molecule has 1 aliphatic rings. The van der Waals surface area contributed by atoms with Gasteiger partial charge in [-0.3, -0.25) is 14.9 Å². The van der Waals surface area contributed by atoms with Crippen molar-refractivity contribution in [1.29, 1.82) is 0 Å². The van der Waals surface area contributed by atoms with E-state index in [4.69, 9.17) is 0 Å². The van der Waals surface area contributed by atoms with Gasteiger partial charge in [0.1, 0.15) is 5.82 Å². The van der Waals surface area contributed by atoms with Crippen molar-refractivity contribution in [3.63, 3.8) is 0 Å². The van der Waals surface area contributed by atoms with Crippen LogP contribution < -0.4 is 0 Å². The van der Waals surface area contributed by atoms with E-state index in [1.807, 2.05) is 44.8 Å². The molecule has 1 atom stereocenters. The number of imidazole rings is 1. The Morgan fingerprint density at radius 1 is 1.16 bits per heavy atom. The zero-order chi connectivity index (χ0) is 17.2. The predicted molar refractivity (Wildman–Crippen MR) is 97.8 cm³/mol. The summed E-state index contributed by atoms with van der Waals surface area (Å²) in [6, 6.07) is 8.98. The minimum Gasteiger partial charge on any atom is -0.330 e. The van der Waals surface area contributed by atoms with Crippen LogP contribution in [0.4, 0.5) is 0 Å². The predicted octanol–water partition coefficient (Wildman–Crippen LogP) is 3.52. The highest BCUT2D eigenvalue weighted by Gasteiger charge is 2.26. The van der Waals surface area contributed by atoms with Gasteiger partial charge in [0.25, 0.3) is 0 Å². The van der Waals surface area contributed by atoms with Crippen molar-refractivity contribution in [3.8, 4) is 11.4 Å². The molecule has 1 aliphatic heterocycles. The lowest BCUT2D eigenvalue weighted by atomic mass is 10.0. The molecule has 3 aromatic rings. The zero-order valence-electron chi connectivity index (χ0n) is 14.8. The van der Waals surface area contributed by atoms with Crippen LogP contribution in [0.2, 0.25) is 0 Å². The molecule has 3 aromatic heterocycles. The summed E-state index contributed by atoms with van der Waals surface area (Å²) in [5.41, 5.74) is 4.67. The first-order chi connectivity index (χ1) is 12.2. The number of aryl methyl sites for hydroxylation is 1. The number of likely N-dealkylation sites (tertiary alicyclic amines) is 1. The molecule has 0 radical (unpaired) electrons. The maximum Gasteiger partial charge on any atom is 0.105 e. The lowest BCUT2D eigenvalue weighted by Crippen LogP contribution is -2.22. The number of aromatic nitrogens is 4. The summed E-state index contributed by atoms with van der Waals surface area (Å²) in [5, 5.41) is 0. The lowest BCUT2D eigenvalue weighted by Gasteiger charge is -2.25. The molecular weight excluding hydrogens is 310 g/mol. The second-order valence-corrected chi connectivity index (χ2v) is 6.71. The Hall–Kier alpha value is -2.53. The lowest BCUT2D eigenvalue weighted by molar-refractivity contribution is 0.248. The Morgan fingerprint density at radius 2 is 2.08 bits per heavy atom. The van der Waals surface area contributed by atoms with Gasteiger partial charge in [-0.25, -0.2) is 4.98 Å². The van der Waals surface area contributed by atoms with Crippen LogP contribution in [-0.2, 0) is 13.6 Å². The van der Waals surface area contributed by atoms with Gasteiger partial charge in [-0.1, -0.05) is 6.07 Å². The Kier molecular flexibility index (Phi) is 4.32. The molecule has 0 spiro atoms. The Labute approximate surface area is 148 Å². The highest BCUT2D eigenvalue weighted by Crippen LogP contribution is 2.34. The van der Waals surface area contributed by atoms with Crippen LogP contribution >= 0.6 is 0 Å². The molecular formula is C20H23N5. The average Bonchev–Trinajstić information content (AvgIpc) is 3.23. The Morgan fingerprint density at radius 3 is 2.84 bits per heavy atom. The number of hydrogen-bond donors (Lipinski definition) is 0. The van der Waals surface area contributed by atoms with Gasteiger partial charge in [0.2, 0.25) is 0 Å². The second-order valence-electron chi connectivity index (χ2n) is 6.71. The van der Waals surface area contributed by atoms with Crippen LogP contribution in [-0.4, -0.2) is 31.0 Å². The molecule has 25 heavy (non-hydrogen) atoms. The molecule has 0 aromatic carbocycles. The monoisotopic (exact) mass is 333 g/mol. The summed E-state index contributed by atoms with van der Waals surface area (Å²) in [7, 11) is 2.04. The van der Waals surface area contributed by atoms with Gasteiger partial charge in [-0.2, -0.15) is 0 Å². The van der Waals surface area contributed by atoms with Crippen molar-refractivity contribution in [1.82, 2.24) is 24.4 Å². The molecule has 0 saturated carbocycles. The van der Waals surface area contributed by atoms with Crippen LogP contribution in [0, 0.1) is 6.92 Å². The van der Waals surface area contributed by atoms with E-state index in [1.54, 1.807) is 0 Å². The molecule has 0 unspecified atom stereocenters. The first-order valence-electron chi connectivity index (χ1n) is 8.80. The molecule has 1 fully saturated rings. The second kappa shape index (κ2) is 6.76. The van der Waals surface area contributed by atoms with Crippen LogP contribution in [0.5, 0.6) is 0 Å². The highest BCUT2D eigenvalue weighted by atomic mass is 15.2. The zero-order valence-corrected chi connectivity index (χ0v) is 14.8. The maximum absolute atomic E-state index is 4.57. The van der Waals surface area contributed by atoms with E-state index < -0.39 is 0 Å². The fraction of sp³-hybridized carbons (Fsp3) is 0.350. The van der Waals surface area contributed by atoms with E-state index in [9.17, 15) is 0 Å². The molecule has 128 valence electrons. The van der Waals surface area contributed by atoms with E-state index in [1.165, 1.54) is 24.0 Å². The van der Waals surface area contributed by atoms with Gasteiger partial charge >= 0.3 is 0 Å². The van der Waals surface area contributed by atoms with Crippen LogP contribution in [0.25, 0.3) is 11.4 Å². The number of rotatable bonds is 4. The van der Waals surface area contributed by atoms with E-state index in [2.05, 4.69) is 42.6 Å². The largest absolute Gasteiger partial charge is 0.330 e. The van der Waals surface area contributed by atoms with Crippen LogP contribution in [0.1, 0.15) is 35.8 Å². The quantitative estimate of drug-likeness (QED) is 0.733. The summed E-state index contributed by atoms with van der Waals surface area (Å²) in [6.07, 6.45) is 10.0. The minimum absolute atomic E-state index is 0.441. The van der Waals surface area contributed by atoms with E-state index >= 15 is 0 Å². The van der Waals surface area contributed by atoms with Crippen molar-refractivity contribution in [3.05, 3.63) is 66.0 Å². The smallest absolute Gasteiger partial charge is 0.105 e. The van der Waals surface area contributed by atoms with Crippen molar-refractivity contribution in [2.75, 3.05) is 6.54 Å². The fourth-order valence-electron chi connectivity index (χ4n) is 3.65. The molecule has 5 nitrogen and oxygen atoms in total. The van der Waals surface area contributed by atoms with E-state index in [0.717, 1.165) is 30.3 Å². The van der Waals surface area contributed by atoms with E-state index in [-0.39, 0.29) is 0 Å². The fourth-order valence-corrected chi connectivity index (χ4v) is 3.65. The van der Waals surface area contributed by atoms with Crippen molar-refractivity contribution >= 4 is 0 Å². The summed E-state index contributed by atoms with van der Waals surface area (Å²) < 4.78 is 2.09. The normalized spacial score (nSPS) is 17.9. The maximum atomic E-state index is 4.57. The molecule has 4 rings (SSSR count). The van der Waals surface area contributed by atoms with Gasteiger partial charge in [0.05, 0.1) is 17.6 Å². The summed E-state index contributed by atoms with van der Waals surface area (Å²) in [5.74, 6) is 1.00. The summed E-state index contributed by atoms with van der Waals surface area (Å²) >= 11 is 0. The standard InChI is InChI=1S/C20H23N5/c1-15-23-13-20(24(15)2)18-11-17(7-9-22-18)19-6-4-10-25(19)14-16-5-3-8-21-12-16/h3,5,7-9,11-13,19H,4,6,10,14H2,1-2H3/t19-/m1/s1. The SMILES string of the molecule is Cc1ncc(-c2cc([C@H]3CCCN3Cc3cccnc3)ccn2)n1C. The van der Waals surface area contributed by atoms with Crippen molar-refractivity contribution in [2.45, 2.75) is 32.4 Å². The van der Waals surface area contributed by atoms with Gasteiger partial charge in [0.15, 0.2) is 0 Å². The average molecular weight is 333 g/mol. The Balaban J connectivity index is 1.60. The molecule has 1 saturated heterocycles. The molecule has 5 heteroatoms. The molecule has 0 bridgehead atoms.